The predicted molar refractivity (Wildman–Crippen MR) is 83.0 cm³/mol. The smallest absolute Gasteiger partial charge is 0.238 e. The Hall–Kier alpha value is -1.75. The Morgan fingerprint density at radius 3 is 2.80 bits per heavy atom. The van der Waals surface area contributed by atoms with E-state index in [0.717, 1.165) is 12.8 Å². The molecule has 0 fully saturated rings. The zero-order valence-corrected chi connectivity index (χ0v) is 12.8. The summed E-state index contributed by atoms with van der Waals surface area (Å²) in [5.41, 5.74) is 6.93. The molecule has 0 radical (unpaired) electrons. The molecule has 0 bridgehead atoms. The lowest BCUT2D eigenvalue weighted by Crippen LogP contribution is -2.36. The third kappa shape index (κ3) is 4.74. The summed E-state index contributed by atoms with van der Waals surface area (Å²) in [6.07, 6.45) is 2.19. The van der Waals surface area contributed by atoms with E-state index in [1.165, 1.54) is 0 Å². The molecule has 1 amide bonds. The summed E-state index contributed by atoms with van der Waals surface area (Å²) < 4.78 is 5.21. The van der Waals surface area contributed by atoms with Crippen LogP contribution in [0.4, 0.5) is 11.4 Å². The van der Waals surface area contributed by atoms with Crippen molar-refractivity contribution in [2.75, 3.05) is 31.8 Å². The van der Waals surface area contributed by atoms with Gasteiger partial charge in [0.15, 0.2) is 0 Å². The van der Waals surface area contributed by atoms with Crippen LogP contribution in [-0.4, -0.2) is 37.6 Å². The van der Waals surface area contributed by atoms with E-state index < -0.39 is 0 Å². The van der Waals surface area contributed by atoms with E-state index in [1.807, 2.05) is 11.9 Å². The number of nitrogens with two attached hydrogens (primary N) is 1. The van der Waals surface area contributed by atoms with Crippen molar-refractivity contribution in [1.82, 2.24) is 4.90 Å². The Balaban J connectivity index is 2.62. The van der Waals surface area contributed by atoms with Crippen LogP contribution < -0.4 is 15.8 Å². The molecule has 5 heteroatoms. The number of hydrogen-bond acceptors (Lipinski definition) is 4. The van der Waals surface area contributed by atoms with Crippen LogP contribution in [0.15, 0.2) is 18.2 Å². The molecule has 20 heavy (non-hydrogen) atoms. The van der Waals surface area contributed by atoms with Crippen molar-refractivity contribution in [1.29, 1.82) is 0 Å². The number of carbonyl (C=O) groups excluding carboxylic acids is 1. The lowest BCUT2D eigenvalue weighted by molar-refractivity contribution is -0.117. The second-order valence-electron chi connectivity index (χ2n) is 5.06. The highest BCUT2D eigenvalue weighted by Crippen LogP contribution is 2.26. The van der Waals surface area contributed by atoms with Crippen LogP contribution >= 0.6 is 0 Å². The van der Waals surface area contributed by atoms with Gasteiger partial charge in [-0.25, -0.2) is 0 Å². The Morgan fingerprint density at radius 2 is 2.20 bits per heavy atom. The van der Waals surface area contributed by atoms with Gasteiger partial charge in [0.1, 0.15) is 5.75 Å². The summed E-state index contributed by atoms with van der Waals surface area (Å²) in [6.45, 7) is 4.62. The van der Waals surface area contributed by atoms with Gasteiger partial charge in [-0.15, -0.1) is 0 Å². The van der Waals surface area contributed by atoms with Crippen LogP contribution in [0.2, 0.25) is 0 Å². The molecule has 1 atom stereocenters. The number of amides is 1. The number of rotatable bonds is 7. The van der Waals surface area contributed by atoms with E-state index >= 15 is 0 Å². The second-order valence-corrected chi connectivity index (χ2v) is 5.06. The molecule has 0 spiro atoms. The minimum absolute atomic E-state index is 0.0569. The van der Waals surface area contributed by atoms with Crippen LogP contribution in [0.5, 0.6) is 5.75 Å². The first-order chi connectivity index (χ1) is 9.47. The molecule has 5 nitrogen and oxygen atoms in total. The maximum Gasteiger partial charge on any atom is 0.238 e. The topological polar surface area (TPSA) is 67.6 Å². The second kappa shape index (κ2) is 7.75. The molecule has 0 aliphatic rings. The summed E-state index contributed by atoms with van der Waals surface area (Å²) in [5, 5.41) is 2.86. The normalized spacial score (nSPS) is 12.2. The van der Waals surface area contributed by atoms with E-state index in [2.05, 4.69) is 19.2 Å². The van der Waals surface area contributed by atoms with E-state index in [4.69, 9.17) is 10.5 Å². The summed E-state index contributed by atoms with van der Waals surface area (Å²) in [7, 11) is 3.51. The van der Waals surface area contributed by atoms with Crippen molar-refractivity contribution >= 4 is 17.3 Å². The highest BCUT2D eigenvalue weighted by Gasteiger charge is 2.14. The molecule has 1 unspecified atom stereocenters. The predicted octanol–water partition coefficient (Wildman–Crippen LogP) is 2.34. The van der Waals surface area contributed by atoms with Gasteiger partial charge in [0.2, 0.25) is 5.91 Å². The fourth-order valence-corrected chi connectivity index (χ4v) is 2.02. The standard InChI is InChI=1S/C15H25N3O2/c1-5-6-11(2)18(3)10-15(19)17-13-8-7-12(16)9-14(13)20-4/h7-9,11H,5-6,10,16H2,1-4H3,(H,17,19). The molecule has 0 saturated heterocycles. The van der Waals surface area contributed by atoms with Gasteiger partial charge in [0.05, 0.1) is 19.3 Å². The summed E-state index contributed by atoms with van der Waals surface area (Å²) in [4.78, 5) is 14.1. The largest absolute Gasteiger partial charge is 0.494 e. The van der Waals surface area contributed by atoms with Crippen molar-refractivity contribution in [2.45, 2.75) is 32.7 Å². The van der Waals surface area contributed by atoms with Gasteiger partial charge in [0.25, 0.3) is 0 Å². The molecule has 3 N–H and O–H groups in total. The summed E-state index contributed by atoms with van der Waals surface area (Å²) >= 11 is 0. The number of anilines is 2. The van der Waals surface area contributed by atoms with Crippen molar-refractivity contribution < 1.29 is 9.53 Å². The highest BCUT2D eigenvalue weighted by atomic mass is 16.5. The van der Waals surface area contributed by atoms with E-state index in [0.29, 0.717) is 29.7 Å². The molecule has 0 aliphatic heterocycles. The summed E-state index contributed by atoms with van der Waals surface area (Å²) in [6, 6.07) is 5.57. The molecule has 0 heterocycles. The maximum absolute atomic E-state index is 12.0. The van der Waals surface area contributed by atoms with Crippen molar-refractivity contribution in [3.63, 3.8) is 0 Å². The van der Waals surface area contributed by atoms with E-state index in [-0.39, 0.29) is 5.91 Å². The number of benzene rings is 1. The van der Waals surface area contributed by atoms with Gasteiger partial charge >= 0.3 is 0 Å². The fraction of sp³-hybridized carbons (Fsp3) is 0.533. The van der Waals surface area contributed by atoms with Gasteiger partial charge in [0, 0.05) is 17.8 Å². The molecule has 1 rings (SSSR count). The minimum atomic E-state index is -0.0569. The maximum atomic E-state index is 12.0. The first kappa shape index (κ1) is 16.3. The molecule has 0 saturated carbocycles. The Labute approximate surface area is 121 Å². The zero-order valence-electron chi connectivity index (χ0n) is 12.8. The monoisotopic (exact) mass is 279 g/mol. The number of nitrogen functional groups attached to an aromatic ring is 1. The van der Waals surface area contributed by atoms with Crippen molar-refractivity contribution in [2.24, 2.45) is 0 Å². The molecule has 1 aromatic carbocycles. The molecule has 0 aliphatic carbocycles. The molecule has 112 valence electrons. The highest BCUT2D eigenvalue weighted by molar-refractivity contribution is 5.94. The summed E-state index contributed by atoms with van der Waals surface area (Å²) in [5.74, 6) is 0.515. The Bertz CT molecular complexity index is 449. The van der Waals surface area contributed by atoms with E-state index in [9.17, 15) is 4.79 Å². The van der Waals surface area contributed by atoms with Crippen molar-refractivity contribution in [3.05, 3.63) is 18.2 Å². The lowest BCUT2D eigenvalue weighted by atomic mass is 10.2. The number of hydrogen-bond donors (Lipinski definition) is 2. The number of nitrogens with one attached hydrogen (secondary N) is 1. The third-order valence-corrected chi connectivity index (χ3v) is 3.35. The SMILES string of the molecule is CCCC(C)N(C)CC(=O)Nc1ccc(N)cc1OC. The van der Waals surface area contributed by atoms with Crippen LogP contribution in [0.25, 0.3) is 0 Å². The number of ether oxygens (including phenoxy) is 1. The average molecular weight is 279 g/mol. The first-order valence-corrected chi connectivity index (χ1v) is 6.91. The van der Waals surface area contributed by atoms with Crippen LogP contribution in [0.1, 0.15) is 26.7 Å². The lowest BCUT2D eigenvalue weighted by Gasteiger charge is -2.23. The van der Waals surface area contributed by atoms with Crippen LogP contribution in [-0.2, 0) is 4.79 Å². The minimum Gasteiger partial charge on any atom is -0.494 e. The van der Waals surface area contributed by atoms with Gasteiger partial charge in [-0.3, -0.25) is 9.69 Å². The molecule has 0 aromatic heterocycles. The van der Waals surface area contributed by atoms with Gasteiger partial charge in [-0.05, 0) is 32.5 Å². The van der Waals surface area contributed by atoms with Crippen molar-refractivity contribution in [3.8, 4) is 5.75 Å². The number of nitrogens with zero attached hydrogens (tertiary/aromatic N) is 1. The van der Waals surface area contributed by atoms with Crippen LogP contribution in [0, 0.1) is 0 Å². The molecular formula is C15H25N3O2. The zero-order chi connectivity index (χ0) is 15.1. The molecule has 1 aromatic rings. The first-order valence-electron chi connectivity index (χ1n) is 6.91. The Kier molecular flexibility index (Phi) is 6.31. The van der Waals surface area contributed by atoms with E-state index in [1.54, 1.807) is 25.3 Å². The van der Waals surface area contributed by atoms with Gasteiger partial charge in [-0.1, -0.05) is 13.3 Å². The number of likely N-dealkylation sites (N-methyl/N-ethyl adjacent to an activating group) is 1. The third-order valence-electron chi connectivity index (χ3n) is 3.35. The quantitative estimate of drug-likeness (QED) is 0.752. The fourth-order valence-electron chi connectivity index (χ4n) is 2.02. The van der Waals surface area contributed by atoms with Gasteiger partial charge < -0.3 is 15.8 Å². The number of carbonyl (C=O) groups is 1. The number of methoxy groups -OCH3 is 1. The van der Waals surface area contributed by atoms with Gasteiger partial charge in [-0.2, -0.15) is 0 Å². The van der Waals surface area contributed by atoms with Crippen LogP contribution in [0.3, 0.4) is 0 Å². The average Bonchev–Trinajstić information content (AvgIpc) is 2.40. The Morgan fingerprint density at radius 1 is 1.50 bits per heavy atom. The molecular weight excluding hydrogens is 254 g/mol.